The van der Waals surface area contributed by atoms with Gasteiger partial charge < -0.3 is 9.47 Å². The number of carbonyl (C=O) groups excluding carboxylic acids is 1. The molecule has 2 aromatic carbocycles. The maximum Gasteiger partial charge on any atom is 0.155 e. The molecule has 2 aromatic rings. The van der Waals surface area contributed by atoms with Crippen molar-refractivity contribution < 1.29 is 23.0 Å². The molecule has 104 valence electrons. The number of hydrogen-bond donors (Lipinski definition) is 0. The summed E-state index contributed by atoms with van der Waals surface area (Å²) in [6.45, 7) is 0.156. The van der Waals surface area contributed by atoms with Crippen LogP contribution in [0, 0.1) is 11.6 Å². The minimum absolute atomic E-state index is 0.0291. The van der Waals surface area contributed by atoms with Gasteiger partial charge in [-0.1, -0.05) is 12.1 Å². The molecule has 0 radical (unpaired) electrons. The van der Waals surface area contributed by atoms with Crippen LogP contribution in [0.15, 0.2) is 36.4 Å². The fraction of sp³-hybridized carbons (Fsp3) is 0.133. The monoisotopic (exact) mass is 278 g/mol. The first-order chi connectivity index (χ1) is 9.63. The summed E-state index contributed by atoms with van der Waals surface area (Å²) in [6, 6.07) is 9.05. The topological polar surface area (TPSA) is 35.5 Å². The molecule has 2 rings (SSSR count). The molecule has 0 saturated carbocycles. The molecule has 0 aliphatic rings. The van der Waals surface area contributed by atoms with Crippen LogP contribution >= 0.6 is 0 Å². The van der Waals surface area contributed by atoms with E-state index in [9.17, 15) is 13.6 Å². The Morgan fingerprint density at radius 2 is 1.65 bits per heavy atom. The standard InChI is InChI=1S/C15H12F2O3/c1-19-11-4-2-10(3-5-11)9-20-12-6-14(16)13(8-18)15(17)7-12/h2-8H,9H2,1H3. The lowest BCUT2D eigenvalue weighted by atomic mass is 10.2. The first-order valence-electron chi connectivity index (χ1n) is 5.84. The van der Waals surface area contributed by atoms with Crippen LogP contribution in [0.2, 0.25) is 0 Å². The van der Waals surface area contributed by atoms with Crippen LogP contribution in [0.3, 0.4) is 0 Å². The van der Waals surface area contributed by atoms with Gasteiger partial charge in [-0.25, -0.2) is 8.78 Å². The number of methoxy groups -OCH3 is 1. The first kappa shape index (κ1) is 14.0. The zero-order valence-electron chi connectivity index (χ0n) is 10.7. The Bertz CT molecular complexity index is 586. The van der Waals surface area contributed by atoms with Gasteiger partial charge in [0.15, 0.2) is 6.29 Å². The van der Waals surface area contributed by atoms with Crippen molar-refractivity contribution in [3.8, 4) is 11.5 Å². The van der Waals surface area contributed by atoms with Gasteiger partial charge in [-0.2, -0.15) is 0 Å². The predicted octanol–water partition coefficient (Wildman–Crippen LogP) is 3.36. The van der Waals surface area contributed by atoms with Gasteiger partial charge in [0.1, 0.15) is 29.7 Å². The molecule has 0 spiro atoms. The highest BCUT2D eigenvalue weighted by molar-refractivity contribution is 5.75. The highest BCUT2D eigenvalue weighted by Gasteiger charge is 2.11. The van der Waals surface area contributed by atoms with Crippen molar-refractivity contribution in [2.24, 2.45) is 0 Å². The largest absolute Gasteiger partial charge is 0.497 e. The third kappa shape index (κ3) is 3.12. The average molecular weight is 278 g/mol. The molecule has 5 heteroatoms. The van der Waals surface area contributed by atoms with Crippen LogP contribution < -0.4 is 9.47 Å². The number of aldehydes is 1. The number of benzene rings is 2. The SMILES string of the molecule is COc1ccc(COc2cc(F)c(C=O)c(F)c2)cc1. The third-order valence-corrected chi connectivity index (χ3v) is 2.73. The number of carbonyl (C=O) groups is 1. The van der Waals surface area contributed by atoms with E-state index in [4.69, 9.17) is 9.47 Å². The molecular formula is C15H12F2O3. The van der Waals surface area contributed by atoms with Crippen LogP contribution in [-0.4, -0.2) is 13.4 Å². The van der Waals surface area contributed by atoms with Gasteiger partial charge >= 0.3 is 0 Å². The summed E-state index contributed by atoms with van der Waals surface area (Å²) in [5, 5.41) is 0. The Morgan fingerprint density at radius 3 is 2.15 bits per heavy atom. The second kappa shape index (κ2) is 6.14. The van der Waals surface area contributed by atoms with Crippen molar-refractivity contribution >= 4 is 6.29 Å². The Kier molecular flexibility index (Phi) is 4.30. The molecule has 20 heavy (non-hydrogen) atoms. The summed E-state index contributed by atoms with van der Waals surface area (Å²) in [5.74, 6) is -1.14. The van der Waals surface area contributed by atoms with E-state index in [-0.39, 0.29) is 18.6 Å². The van der Waals surface area contributed by atoms with Gasteiger partial charge in [0.05, 0.1) is 12.7 Å². The summed E-state index contributed by atoms with van der Waals surface area (Å²) in [7, 11) is 1.56. The van der Waals surface area contributed by atoms with E-state index in [0.717, 1.165) is 17.7 Å². The Balaban J connectivity index is 2.08. The summed E-state index contributed by atoms with van der Waals surface area (Å²) in [5.41, 5.74) is 0.230. The number of ether oxygens (including phenoxy) is 2. The van der Waals surface area contributed by atoms with E-state index >= 15 is 0 Å². The summed E-state index contributed by atoms with van der Waals surface area (Å²) >= 11 is 0. The van der Waals surface area contributed by atoms with Crippen LogP contribution in [0.5, 0.6) is 11.5 Å². The van der Waals surface area contributed by atoms with E-state index in [2.05, 4.69) is 0 Å². The van der Waals surface area contributed by atoms with Crippen molar-refractivity contribution in [3.63, 3.8) is 0 Å². The lowest BCUT2D eigenvalue weighted by molar-refractivity contribution is 0.111. The minimum atomic E-state index is -0.940. The molecule has 0 aromatic heterocycles. The van der Waals surface area contributed by atoms with Gasteiger partial charge in [0.2, 0.25) is 0 Å². The maximum atomic E-state index is 13.4. The molecular weight excluding hydrogens is 266 g/mol. The summed E-state index contributed by atoms with van der Waals surface area (Å²) < 4.78 is 37.0. The number of rotatable bonds is 5. The van der Waals surface area contributed by atoms with Crippen LogP contribution in [0.25, 0.3) is 0 Å². The molecule has 0 aliphatic carbocycles. The van der Waals surface area contributed by atoms with Gasteiger partial charge in [0, 0.05) is 12.1 Å². The molecule has 0 bridgehead atoms. The molecule has 0 atom stereocenters. The zero-order chi connectivity index (χ0) is 14.5. The average Bonchev–Trinajstić information content (AvgIpc) is 2.45. The fourth-order valence-corrected chi connectivity index (χ4v) is 1.65. The van der Waals surface area contributed by atoms with Gasteiger partial charge in [-0.3, -0.25) is 4.79 Å². The van der Waals surface area contributed by atoms with Crippen LogP contribution in [0.4, 0.5) is 8.78 Å². The quantitative estimate of drug-likeness (QED) is 0.787. The van der Waals surface area contributed by atoms with Crippen molar-refractivity contribution in [2.75, 3.05) is 7.11 Å². The number of hydrogen-bond acceptors (Lipinski definition) is 3. The lowest BCUT2D eigenvalue weighted by Gasteiger charge is -2.08. The highest BCUT2D eigenvalue weighted by atomic mass is 19.1. The fourth-order valence-electron chi connectivity index (χ4n) is 1.65. The lowest BCUT2D eigenvalue weighted by Crippen LogP contribution is -1.99. The minimum Gasteiger partial charge on any atom is -0.497 e. The van der Waals surface area contributed by atoms with E-state index < -0.39 is 17.2 Å². The molecule has 0 unspecified atom stereocenters. The highest BCUT2D eigenvalue weighted by Crippen LogP contribution is 2.21. The second-order valence-electron chi connectivity index (χ2n) is 4.06. The van der Waals surface area contributed by atoms with Gasteiger partial charge in [-0.05, 0) is 17.7 Å². The Hall–Kier alpha value is -2.43. The molecule has 0 aliphatic heterocycles. The molecule has 3 nitrogen and oxygen atoms in total. The normalized spacial score (nSPS) is 10.2. The number of halogens is 2. The second-order valence-corrected chi connectivity index (χ2v) is 4.06. The maximum absolute atomic E-state index is 13.4. The van der Waals surface area contributed by atoms with E-state index in [1.54, 1.807) is 31.4 Å². The van der Waals surface area contributed by atoms with E-state index in [0.29, 0.717) is 5.75 Å². The molecule has 0 saturated heterocycles. The van der Waals surface area contributed by atoms with E-state index in [1.165, 1.54) is 0 Å². The third-order valence-electron chi connectivity index (χ3n) is 2.73. The summed E-state index contributed by atoms with van der Waals surface area (Å²) in [4.78, 5) is 10.5. The molecule has 0 N–H and O–H groups in total. The molecule has 0 amide bonds. The van der Waals surface area contributed by atoms with Crippen molar-refractivity contribution in [1.82, 2.24) is 0 Å². The molecule has 0 heterocycles. The molecule has 0 fully saturated rings. The van der Waals surface area contributed by atoms with E-state index in [1.807, 2.05) is 0 Å². The van der Waals surface area contributed by atoms with Crippen molar-refractivity contribution in [3.05, 3.63) is 59.2 Å². The Labute approximate surface area is 114 Å². The van der Waals surface area contributed by atoms with Gasteiger partial charge in [-0.15, -0.1) is 0 Å². The Morgan fingerprint density at radius 1 is 1.05 bits per heavy atom. The van der Waals surface area contributed by atoms with Crippen molar-refractivity contribution in [2.45, 2.75) is 6.61 Å². The van der Waals surface area contributed by atoms with Crippen molar-refractivity contribution in [1.29, 1.82) is 0 Å². The van der Waals surface area contributed by atoms with Crippen LogP contribution in [0.1, 0.15) is 15.9 Å². The predicted molar refractivity (Wildman–Crippen MR) is 69.1 cm³/mol. The summed E-state index contributed by atoms with van der Waals surface area (Å²) in [6.07, 6.45) is 0.137. The smallest absolute Gasteiger partial charge is 0.155 e. The zero-order valence-corrected chi connectivity index (χ0v) is 10.7. The van der Waals surface area contributed by atoms with Crippen LogP contribution in [-0.2, 0) is 6.61 Å². The first-order valence-corrected chi connectivity index (χ1v) is 5.84. The van der Waals surface area contributed by atoms with Gasteiger partial charge in [0.25, 0.3) is 0 Å².